The van der Waals surface area contributed by atoms with E-state index < -0.39 is 90.4 Å². The summed E-state index contributed by atoms with van der Waals surface area (Å²) in [4.78, 5) is 61.2. The number of hydrogen-bond donors (Lipinski definition) is 3. The molecular weight excluding hydrogens is 1350 g/mol. The molecule has 14 rings (SSSR count). The molecule has 0 unspecified atom stereocenters. The first-order chi connectivity index (χ1) is 44.7. The summed E-state index contributed by atoms with van der Waals surface area (Å²) >= 11 is 0. The lowest BCUT2D eigenvalue weighted by Crippen LogP contribution is -2.52. The number of pyridine rings is 2. The molecule has 0 spiro atoms. The molecule has 4 bridgehead atoms. The van der Waals surface area contributed by atoms with Gasteiger partial charge in [-0.15, -0.1) is 0 Å². The van der Waals surface area contributed by atoms with Crippen molar-refractivity contribution in [2.75, 3.05) is 48.8 Å². The van der Waals surface area contributed by atoms with E-state index in [1.807, 2.05) is 0 Å². The Morgan fingerprint density at radius 1 is 0.573 bits per heavy atom. The summed E-state index contributed by atoms with van der Waals surface area (Å²) in [5.41, 5.74) is -3.13. The van der Waals surface area contributed by atoms with Crippen molar-refractivity contribution in [3.8, 4) is 44.9 Å². The van der Waals surface area contributed by atoms with Crippen molar-refractivity contribution in [3.05, 3.63) is 143 Å². The monoisotopic (exact) mass is 1410 g/mol. The van der Waals surface area contributed by atoms with Crippen molar-refractivity contribution in [1.29, 1.82) is 0 Å². The van der Waals surface area contributed by atoms with E-state index in [-0.39, 0.29) is 88.7 Å². The van der Waals surface area contributed by atoms with Crippen molar-refractivity contribution in [1.82, 2.24) is 20.6 Å². The Labute approximate surface area is 540 Å². The third-order valence-electron chi connectivity index (χ3n) is 16.8. The molecule has 2 amide bonds. The smallest absolute Gasteiger partial charge is 0.437 e. The van der Waals surface area contributed by atoms with Crippen LogP contribution in [0.4, 0.5) is 59.9 Å². The summed E-state index contributed by atoms with van der Waals surface area (Å²) in [6, 6.07) is 26.6. The molecule has 510 valence electrons. The van der Waals surface area contributed by atoms with Crippen LogP contribution in [0.1, 0.15) is 92.8 Å². The number of anilines is 2. The average molecular weight is 1410 g/mol. The van der Waals surface area contributed by atoms with E-state index in [0.29, 0.717) is 58.2 Å². The van der Waals surface area contributed by atoms with Gasteiger partial charge in [-0.05, 0) is 145 Å². The van der Waals surface area contributed by atoms with Crippen LogP contribution in [-0.2, 0) is 34.3 Å². The molecule has 6 fully saturated rings. The van der Waals surface area contributed by atoms with Gasteiger partial charge >= 0.3 is 28.0 Å². The number of Topliss-reactive ketones (excluding diaryl/α,β-unsaturated/α-hetero) is 2. The molecule has 0 aliphatic heterocycles. The van der Waals surface area contributed by atoms with E-state index in [0.717, 1.165) is 62.8 Å². The van der Waals surface area contributed by atoms with E-state index in [1.54, 1.807) is 42.5 Å². The van der Waals surface area contributed by atoms with E-state index in [2.05, 4.69) is 29.5 Å². The van der Waals surface area contributed by atoms with E-state index in [4.69, 9.17) is 8.83 Å². The van der Waals surface area contributed by atoms with Crippen LogP contribution in [0.2, 0.25) is 0 Å². The van der Waals surface area contributed by atoms with Crippen molar-refractivity contribution >= 4 is 87.4 Å². The number of ketones is 2. The molecule has 6 aliphatic rings. The summed E-state index contributed by atoms with van der Waals surface area (Å²) in [7, 11) is -11.6. The lowest BCUT2D eigenvalue weighted by Gasteiger charge is -2.62. The van der Waals surface area contributed by atoms with Crippen LogP contribution < -0.4 is 19.7 Å². The molecule has 96 heavy (non-hydrogen) atoms. The molecule has 4 heterocycles. The number of alkyl halides is 9. The fourth-order valence-corrected chi connectivity index (χ4v) is 14.1. The van der Waals surface area contributed by atoms with Gasteiger partial charge in [-0.2, -0.15) is 57.9 Å². The maximum absolute atomic E-state index is 13.7. The zero-order valence-electron chi connectivity index (χ0n) is 50.6. The SMILES string of the molecule is CNC(=O)c1c(-c2ccc(F)cc2)oc2nc(N(CC(F)(F)F)S(C)(=O)=O)c(-c3cccc(C(=O)CC45CC(C4)C5)c3)cc12.CNC(=O)c1c(-c2ccc(F)cc2)oc2nc(NS(C)(=O)=O)c(-c3cccc(C(=O)CC45CC(C4)C5)c3)cc12.O=S(=O)(OCC(F)(F)F)C(F)(F)F. The maximum Gasteiger partial charge on any atom is 0.523 e. The minimum Gasteiger partial charge on any atom is -0.437 e. The number of benzene rings is 4. The first-order valence-corrected chi connectivity index (χ1v) is 34.0. The quantitative estimate of drug-likeness (QED) is 0.0294. The topological polar surface area (TPSA) is 271 Å². The van der Waals surface area contributed by atoms with Gasteiger partial charge in [0, 0.05) is 60.3 Å². The number of halogens is 11. The molecule has 8 aromatic rings. The largest absolute Gasteiger partial charge is 0.523 e. The molecule has 3 N–H and O–H groups in total. The minimum absolute atomic E-state index is 0.00289. The van der Waals surface area contributed by atoms with Crippen molar-refractivity contribution in [3.63, 3.8) is 0 Å². The lowest BCUT2D eigenvalue weighted by atomic mass is 9.43. The van der Waals surface area contributed by atoms with Gasteiger partial charge in [0.2, 0.25) is 31.5 Å². The number of carbonyl (C=O) groups excluding carboxylic acids is 4. The second kappa shape index (κ2) is 25.6. The van der Waals surface area contributed by atoms with Gasteiger partial charge in [0.25, 0.3) is 11.8 Å². The van der Waals surface area contributed by atoms with Crippen LogP contribution in [0.15, 0.2) is 118 Å². The number of hydrogen-bond acceptors (Lipinski definition) is 15. The molecule has 19 nitrogen and oxygen atoms in total. The number of amides is 2. The predicted octanol–water partition coefficient (Wildman–Crippen LogP) is 13.2. The van der Waals surface area contributed by atoms with Crippen molar-refractivity contribution in [2.45, 2.75) is 69.2 Å². The highest BCUT2D eigenvalue weighted by molar-refractivity contribution is 7.92. The number of aromatic nitrogens is 2. The Kier molecular flexibility index (Phi) is 18.7. The fraction of sp³-hybridized carbons (Fsp3) is 0.333. The summed E-state index contributed by atoms with van der Waals surface area (Å²) < 4.78 is 223. The van der Waals surface area contributed by atoms with Crippen molar-refractivity contribution in [2.24, 2.45) is 22.7 Å². The normalized spacial score (nSPS) is 18.8. The Bertz CT molecular complexity index is 4740. The number of nitrogens with zero attached hydrogens (tertiary/aromatic N) is 3. The van der Waals surface area contributed by atoms with Gasteiger partial charge in [-0.3, -0.25) is 28.1 Å². The van der Waals surface area contributed by atoms with Crippen LogP contribution in [-0.4, -0.2) is 116 Å². The zero-order chi connectivity index (χ0) is 70.0. The molecule has 0 radical (unpaired) electrons. The van der Waals surface area contributed by atoms with E-state index in [1.165, 1.54) is 68.7 Å². The summed E-state index contributed by atoms with van der Waals surface area (Å²) in [5.74, 6) is -1.16. The molecule has 0 saturated heterocycles. The average Bonchev–Trinajstić information content (AvgIpc) is 1.03. The van der Waals surface area contributed by atoms with Crippen LogP contribution in [0.25, 0.3) is 67.1 Å². The van der Waals surface area contributed by atoms with Gasteiger partial charge in [0.05, 0.1) is 34.4 Å². The van der Waals surface area contributed by atoms with Gasteiger partial charge < -0.3 is 19.5 Å². The second-order valence-electron chi connectivity index (χ2n) is 24.1. The zero-order valence-corrected chi connectivity index (χ0v) is 53.1. The van der Waals surface area contributed by atoms with Crippen molar-refractivity contribution < 1.29 is 106 Å². The minimum atomic E-state index is -6.15. The number of nitrogens with one attached hydrogen (secondary N) is 3. The number of furan rings is 2. The number of rotatable bonds is 19. The van der Waals surface area contributed by atoms with Gasteiger partial charge in [-0.1, -0.05) is 36.4 Å². The predicted molar refractivity (Wildman–Crippen MR) is 328 cm³/mol. The van der Waals surface area contributed by atoms with Gasteiger partial charge in [-0.25, -0.2) is 29.9 Å². The maximum atomic E-state index is 13.7. The summed E-state index contributed by atoms with van der Waals surface area (Å²) in [6.45, 7) is -4.37. The van der Waals surface area contributed by atoms with Crippen LogP contribution >= 0.6 is 0 Å². The Morgan fingerprint density at radius 3 is 1.35 bits per heavy atom. The molecule has 4 aromatic carbocycles. The molecule has 6 aliphatic carbocycles. The van der Waals surface area contributed by atoms with Crippen LogP contribution in [0, 0.1) is 34.3 Å². The molecule has 6 saturated carbocycles. The fourth-order valence-electron chi connectivity index (χ4n) is 12.3. The summed E-state index contributed by atoms with van der Waals surface area (Å²) in [5, 5.41) is 5.51. The number of carbonyl (C=O) groups is 4. The lowest BCUT2D eigenvalue weighted by molar-refractivity contribution is -0.156. The summed E-state index contributed by atoms with van der Waals surface area (Å²) in [6.07, 6.45) is -1.23. The Hall–Kier alpha value is -8.82. The second-order valence-corrected chi connectivity index (χ2v) is 29.4. The Balaban J connectivity index is 0.000000177. The molecular formula is C63H55F11N6O13S3. The van der Waals surface area contributed by atoms with Gasteiger partial charge in [0.15, 0.2) is 29.8 Å². The third-order valence-corrected chi connectivity index (χ3v) is 19.4. The number of sulfonamides is 2. The van der Waals surface area contributed by atoms with Crippen LogP contribution in [0.5, 0.6) is 0 Å². The molecule has 0 atom stereocenters. The molecule has 33 heteroatoms. The standard InChI is InChI=1S/C31H27F4N3O5S.C29H26FN3O5S.C3H2F6O3S/c1-36-28(40)25-23-11-22(19-4-3-5-20(10-19)24(39)15-30-12-17(13-30)14-30)27(38(44(2,41)42)16-31(33,34)35)37-29(23)43-26(25)18-6-8-21(32)9-7-18;1-31-27(35)24-22-11-21(18-4-3-5-19(10-18)23(34)15-29-12-16(13-29)14-29)26(33-39(2,36)37)32-28(22)38-25(24)17-6-8-20(30)9-7-17;4-2(5,6)1-12-13(10,11)3(7,8)9/h3-11,17H,12-16H2,1-2H3,(H,36,40);3-11,16H,12-15H2,1-2H3,(H,31,35)(H,32,33);1H2. The van der Waals surface area contributed by atoms with E-state index >= 15 is 0 Å². The highest BCUT2D eigenvalue weighted by Crippen LogP contribution is 2.67. The van der Waals surface area contributed by atoms with Gasteiger partial charge in [0.1, 0.15) is 29.7 Å². The first kappa shape index (κ1) is 70.0. The number of fused-ring (bicyclic) bond motifs is 2. The van der Waals surface area contributed by atoms with Crippen LogP contribution in [0.3, 0.4) is 0 Å². The highest BCUT2D eigenvalue weighted by Gasteiger charge is 2.58. The van der Waals surface area contributed by atoms with E-state index in [9.17, 15) is 92.7 Å². The molecule has 4 aromatic heterocycles. The first-order valence-electron chi connectivity index (χ1n) is 28.9. The third kappa shape index (κ3) is 15.2. The highest BCUT2D eigenvalue weighted by atomic mass is 32.2. The Morgan fingerprint density at radius 2 is 0.990 bits per heavy atom.